The average molecular weight is 392 g/mol. The molecule has 2 aliphatic heterocycles. The molecule has 1 saturated carbocycles. The Morgan fingerprint density at radius 1 is 1.07 bits per heavy atom. The number of hydrogen-bond donors (Lipinski definition) is 4. The van der Waals surface area contributed by atoms with E-state index in [9.17, 15) is 14.4 Å². The quantitative estimate of drug-likeness (QED) is 0.363. The summed E-state index contributed by atoms with van der Waals surface area (Å²) in [5.41, 5.74) is 4.01. The number of carbonyl (C=O) groups is 1. The fraction of sp³-hybridized carbons (Fsp3) is 0.400. The van der Waals surface area contributed by atoms with Crippen molar-refractivity contribution in [2.75, 3.05) is 5.32 Å². The normalized spacial score (nSPS) is 18.9. The first-order chi connectivity index (χ1) is 14.0. The van der Waals surface area contributed by atoms with E-state index in [0.717, 1.165) is 48.8 Å². The molecule has 29 heavy (non-hydrogen) atoms. The zero-order valence-corrected chi connectivity index (χ0v) is 15.9. The summed E-state index contributed by atoms with van der Waals surface area (Å²) >= 11 is 0. The molecule has 6 rings (SSSR count). The molecule has 3 aromatic rings. The van der Waals surface area contributed by atoms with Gasteiger partial charge in [-0.3, -0.25) is 19.1 Å². The van der Waals surface area contributed by atoms with Crippen molar-refractivity contribution in [2.24, 2.45) is 0 Å². The minimum absolute atomic E-state index is 0.168. The first-order valence-electron chi connectivity index (χ1n) is 9.97. The number of pyridine rings is 2. The van der Waals surface area contributed by atoms with Crippen molar-refractivity contribution < 1.29 is 4.79 Å². The minimum Gasteiger partial charge on any atom is -0.349 e. The van der Waals surface area contributed by atoms with Crippen LogP contribution >= 0.6 is 0 Å². The number of anilines is 2. The van der Waals surface area contributed by atoms with E-state index in [1.807, 2.05) is 6.92 Å². The summed E-state index contributed by atoms with van der Waals surface area (Å²) in [6.45, 7) is 1.91. The van der Waals surface area contributed by atoms with Gasteiger partial charge >= 0.3 is 5.69 Å². The van der Waals surface area contributed by atoms with Crippen molar-refractivity contribution >= 4 is 28.4 Å². The lowest BCUT2D eigenvalue weighted by atomic mass is 9.88. The number of rotatable bonds is 0. The van der Waals surface area contributed by atoms with Crippen LogP contribution in [0, 0.1) is 6.92 Å². The molecule has 0 radical (unpaired) electrons. The van der Waals surface area contributed by atoms with Gasteiger partial charge in [-0.25, -0.2) is 9.78 Å². The summed E-state index contributed by atoms with van der Waals surface area (Å²) in [5, 5.41) is 6.39. The molecule has 0 saturated heterocycles. The highest BCUT2D eigenvalue weighted by Crippen LogP contribution is 2.41. The van der Waals surface area contributed by atoms with Gasteiger partial charge < -0.3 is 15.6 Å². The lowest BCUT2D eigenvalue weighted by molar-refractivity contribution is 0.0876. The molecule has 0 atom stereocenters. The maximum atomic E-state index is 13.6. The van der Waals surface area contributed by atoms with Gasteiger partial charge in [0.05, 0.1) is 5.69 Å². The maximum absolute atomic E-state index is 13.6. The van der Waals surface area contributed by atoms with Crippen molar-refractivity contribution in [3.05, 3.63) is 49.4 Å². The van der Waals surface area contributed by atoms with E-state index < -0.39 is 5.66 Å². The van der Waals surface area contributed by atoms with Gasteiger partial charge in [0, 0.05) is 18.2 Å². The van der Waals surface area contributed by atoms with Gasteiger partial charge in [-0.1, -0.05) is 6.42 Å². The van der Waals surface area contributed by atoms with Crippen LogP contribution in [0.3, 0.4) is 0 Å². The lowest BCUT2D eigenvalue weighted by Gasteiger charge is -2.36. The van der Waals surface area contributed by atoms with Crippen molar-refractivity contribution in [1.82, 2.24) is 24.8 Å². The topological polar surface area (TPSA) is 125 Å². The molecule has 0 aromatic carbocycles. The van der Waals surface area contributed by atoms with Crippen LogP contribution in [0.5, 0.6) is 0 Å². The number of fused-ring (bicyclic) bond motifs is 6. The number of nitrogens with one attached hydrogen (secondary N) is 4. The van der Waals surface area contributed by atoms with Crippen molar-refractivity contribution in [2.45, 2.75) is 51.1 Å². The smallest absolute Gasteiger partial charge is 0.325 e. The minimum atomic E-state index is -0.626. The van der Waals surface area contributed by atoms with Crippen LogP contribution in [0.2, 0.25) is 0 Å². The molecule has 148 valence electrons. The molecule has 3 aromatic heterocycles. The molecule has 9 nitrogen and oxygen atoms in total. The highest BCUT2D eigenvalue weighted by atomic mass is 16.2. The number of carbonyl (C=O) groups excluding carboxylic acids is 1. The SMILES string of the molecule is Cc1c2c(c(=O)n3c1C(=O)NC31CCCCC1)Nc1c(cnc3[nH]c(=O)[nH]c13)C2. The second-order valence-electron chi connectivity index (χ2n) is 8.28. The Morgan fingerprint density at radius 2 is 1.86 bits per heavy atom. The summed E-state index contributed by atoms with van der Waals surface area (Å²) in [7, 11) is 0. The predicted molar refractivity (Wildman–Crippen MR) is 107 cm³/mol. The number of amides is 1. The van der Waals surface area contributed by atoms with E-state index in [4.69, 9.17) is 0 Å². The van der Waals surface area contributed by atoms with Gasteiger partial charge in [0.1, 0.15) is 22.6 Å². The van der Waals surface area contributed by atoms with Crippen LogP contribution in [0.4, 0.5) is 11.4 Å². The number of aromatic nitrogens is 4. The van der Waals surface area contributed by atoms with E-state index >= 15 is 0 Å². The number of nitrogens with zero attached hydrogens (tertiary/aromatic N) is 2. The molecule has 1 spiro atoms. The summed E-state index contributed by atoms with van der Waals surface area (Å²) in [4.78, 5) is 48.0. The lowest BCUT2D eigenvalue weighted by Crippen LogP contribution is -2.49. The van der Waals surface area contributed by atoms with E-state index in [2.05, 4.69) is 25.6 Å². The molecule has 4 N–H and O–H groups in total. The Bertz CT molecular complexity index is 1340. The molecule has 1 amide bonds. The third kappa shape index (κ3) is 2.04. The molecular weight excluding hydrogens is 372 g/mol. The van der Waals surface area contributed by atoms with E-state index in [0.29, 0.717) is 34.7 Å². The highest BCUT2D eigenvalue weighted by molar-refractivity contribution is 5.98. The third-order valence-corrected chi connectivity index (χ3v) is 6.67. The molecule has 3 aliphatic rings. The molecule has 1 aliphatic carbocycles. The predicted octanol–water partition coefficient (Wildman–Crippen LogP) is 1.73. The van der Waals surface area contributed by atoms with Gasteiger partial charge in [0.15, 0.2) is 5.65 Å². The van der Waals surface area contributed by atoms with Crippen LogP contribution in [-0.4, -0.2) is 25.4 Å². The number of aromatic amines is 2. The summed E-state index contributed by atoms with van der Waals surface area (Å²) in [6, 6.07) is 0. The standard InChI is InChI=1S/C20H20N6O3/c1-9-11-7-10-8-21-16-14(23-19(29)24-16)12(10)22-13(11)18(28)26-15(9)17(27)25-20(26)5-3-2-4-6-20/h8,22H,2-7H2,1H3,(H,25,27)(H2,21,23,24,29). The molecular formula is C20H20N6O3. The van der Waals surface area contributed by atoms with Gasteiger partial charge in [-0.15, -0.1) is 0 Å². The number of imidazole rings is 1. The summed E-state index contributed by atoms with van der Waals surface area (Å²) < 4.78 is 1.69. The van der Waals surface area contributed by atoms with Crippen LogP contribution in [0.25, 0.3) is 11.2 Å². The zero-order valence-electron chi connectivity index (χ0n) is 15.9. The van der Waals surface area contributed by atoms with E-state index in [1.165, 1.54) is 0 Å². The largest absolute Gasteiger partial charge is 0.349 e. The summed E-state index contributed by atoms with van der Waals surface area (Å²) in [6.07, 6.45) is 6.78. The zero-order chi connectivity index (χ0) is 19.9. The molecule has 0 bridgehead atoms. The van der Waals surface area contributed by atoms with Crippen molar-refractivity contribution in [3.8, 4) is 0 Å². The monoisotopic (exact) mass is 392 g/mol. The van der Waals surface area contributed by atoms with Gasteiger partial charge in [0.25, 0.3) is 11.5 Å². The first kappa shape index (κ1) is 16.6. The third-order valence-electron chi connectivity index (χ3n) is 6.67. The van der Waals surface area contributed by atoms with Crippen molar-refractivity contribution in [3.63, 3.8) is 0 Å². The highest BCUT2D eigenvalue weighted by Gasteiger charge is 2.46. The Hall–Kier alpha value is -3.36. The second kappa shape index (κ2) is 5.37. The van der Waals surface area contributed by atoms with Gasteiger partial charge in [-0.2, -0.15) is 0 Å². The van der Waals surface area contributed by atoms with Gasteiger partial charge in [0.2, 0.25) is 0 Å². The second-order valence-corrected chi connectivity index (χ2v) is 8.28. The molecule has 9 heteroatoms. The Labute approximate surface area is 164 Å². The van der Waals surface area contributed by atoms with Crippen molar-refractivity contribution in [1.29, 1.82) is 0 Å². The van der Waals surface area contributed by atoms with Crippen LogP contribution in [0.15, 0.2) is 15.8 Å². The fourth-order valence-corrected chi connectivity index (χ4v) is 5.29. The molecule has 5 heterocycles. The van der Waals surface area contributed by atoms with Gasteiger partial charge in [-0.05, 0) is 43.7 Å². The van der Waals surface area contributed by atoms with Crippen LogP contribution in [-0.2, 0) is 12.1 Å². The van der Waals surface area contributed by atoms with Crippen LogP contribution in [0.1, 0.15) is 59.3 Å². The Morgan fingerprint density at radius 3 is 2.66 bits per heavy atom. The Balaban J connectivity index is 1.61. The average Bonchev–Trinajstić information content (AvgIpc) is 3.22. The first-order valence-corrected chi connectivity index (χ1v) is 9.97. The Kier molecular flexibility index (Phi) is 3.07. The fourth-order valence-electron chi connectivity index (χ4n) is 5.29. The van der Waals surface area contributed by atoms with E-state index in [1.54, 1.807) is 10.8 Å². The number of hydrogen-bond acceptors (Lipinski definition) is 5. The molecule has 1 fully saturated rings. The number of H-pyrrole nitrogens is 2. The summed E-state index contributed by atoms with van der Waals surface area (Å²) in [5.74, 6) is -0.168. The molecule has 0 unspecified atom stereocenters. The van der Waals surface area contributed by atoms with E-state index in [-0.39, 0.29) is 17.2 Å². The van der Waals surface area contributed by atoms with Crippen LogP contribution < -0.4 is 21.9 Å². The maximum Gasteiger partial charge on any atom is 0.325 e.